The highest BCUT2D eigenvalue weighted by atomic mass is 19.4. The average molecular weight is 533 g/mol. The molecule has 2 heterocycles. The molecule has 0 bridgehead atoms. The predicted molar refractivity (Wildman–Crippen MR) is 138 cm³/mol. The van der Waals surface area contributed by atoms with Crippen molar-refractivity contribution in [2.24, 2.45) is 0 Å². The molecule has 0 aliphatic carbocycles. The van der Waals surface area contributed by atoms with Crippen molar-refractivity contribution in [2.75, 3.05) is 44.4 Å². The van der Waals surface area contributed by atoms with Gasteiger partial charge < -0.3 is 29.9 Å². The molecule has 0 radical (unpaired) electrons. The molecular formula is C27H28F4N4O3. The summed E-state index contributed by atoms with van der Waals surface area (Å²) in [5, 5.41) is 15.9. The summed E-state index contributed by atoms with van der Waals surface area (Å²) in [6.07, 6.45) is -5.00. The van der Waals surface area contributed by atoms with Gasteiger partial charge in [-0.3, -0.25) is 0 Å². The smallest absolute Gasteiger partial charge is 0.406 e. The number of carboxylic acid groups (broad SMARTS) is 1. The van der Waals surface area contributed by atoms with E-state index in [1.807, 2.05) is 11.9 Å². The maximum absolute atomic E-state index is 14.6. The van der Waals surface area contributed by atoms with Gasteiger partial charge >= 0.3 is 12.1 Å². The minimum Gasteiger partial charge on any atom is -0.495 e. The van der Waals surface area contributed by atoms with Crippen molar-refractivity contribution < 1.29 is 32.2 Å². The Morgan fingerprint density at radius 1 is 1.21 bits per heavy atom. The van der Waals surface area contributed by atoms with E-state index in [1.54, 1.807) is 24.3 Å². The van der Waals surface area contributed by atoms with Crippen molar-refractivity contribution >= 4 is 28.2 Å². The Bertz CT molecular complexity index is 1380. The number of carboxylic acids is 1. The largest absolute Gasteiger partial charge is 0.495 e. The normalized spacial score (nSPS) is 18.1. The lowest BCUT2D eigenvalue weighted by molar-refractivity contribution is -0.140. The van der Waals surface area contributed by atoms with Crippen LogP contribution in [-0.4, -0.2) is 72.7 Å². The number of likely N-dealkylation sites (tertiary alicyclic amines) is 1. The first-order valence-electron chi connectivity index (χ1n) is 12.0. The molecule has 38 heavy (non-hydrogen) atoms. The second-order valence-corrected chi connectivity index (χ2v) is 9.16. The van der Waals surface area contributed by atoms with E-state index in [1.165, 1.54) is 25.3 Å². The van der Waals surface area contributed by atoms with Gasteiger partial charge in [0.2, 0.25) is 0 Å². The van der Waals surface area contributed by atoms with Gasteiger partial charge in [-0.25, -0.2) is 9.18 Å². The van der Waals surface area contributed by atoms with Crippen LogP contribution in [0.25, 0.3) is 10.9 Å². The first-order valence-corrected chi connectivity index (χ1v) is 12.0. The molecule has 1 aliphatic heterocycles. The maximum Gasteiger partial charge on any atom is 0.406 e. The number of alkyl halides is 4. The Kier molecular flexibility index (Phi) is 8.02. The number of hydrogen-bond acceptors (Lipinski definition) is 5. The molecule has 1 saturated heterocycles. The maximum atomic E-state index is 14.6. The van der Waals surface area contributed by atoms with Crippen molar-refractivity contribution in [3.05, 3.63) is 53.7 Å². The SMILES string of the molecule is COc1cc(C(=O)O)ccc1NCC#Cc1cc2c(N[C@@H]3CCN(C)C[C@H]3F)cccc2n1CC(F)(F)F. The highest BCUT2D eigenvalue weighted by Gasteiger charge is 2.31. The summed E-state index contributed by atoms with van der Waals surface area (Å²) in [5.74, 6) is 4.85. The van der Waals surface area contributed by atoms with Crippen LogP contribution >= 0.6 is 0 Å². The van der Waals surface area contributed by atoms with Crippen LogP contribution in [-0.2, 0) is 6.54 Å². The number of aromatic carboxylic acids is 1. The van der Waals surface area contributed by atoms with Gasteiger partial charge in [0.15, 0.2) is 0 Å². The van der Waals surface area contributed by atoms with E-state index in [0.29, 0.717) is 34.4 Å². The van der Waals surface area contributed by atoms with Gasteiger partial charge in [0.25, 0.3) is 0 Å². The van der Waals surface area contributed by atoms with E-state index in [0.717, 1.165) is 11.1 Å². The molecule has 202 valence electrons. The van der Waals surface area contributed by atoms with Gasteiger partial charge in [0.1, 0.15) is 18.5 Å². The number of aromatic nitrogens is 1. The van der Waals surface area contributed by atoms with Crippen molar-refractivity contribution in [3.8, 4) is 17.6 Å². The number of piperidine rings is 1. The summed E-state index contributed by atoms with van der Waals surface area (Å²) < 4.78 is 61.3. The van der Waals surface area contributed by atoms with E-state index in [9.17, 15) is 22.4 Å². The van der Waals surface area contributed by atoms with Crippen LogP contribution in [0.1, 0.15) is 22.5 Å². The topological polar surface area (TPSA) is 78.8 Å². The Morgan fingerprint density at radius 3 is 2.68 bits per heavy atom. The molecule has 0 saturated carbocycles. The molecular weight excluding hydrogens is 504 g/mol. The summed E-state index contributed by atoms with van der Waals surface area (Å²) in [5.41, 5.74) is 1.62. The first-order chi connectivity index (χ1) is 18.1. The number of carbonyl (C=O) groups is 1. The molecule has 7 nitrogen and oxygen atoms in total. The molecule has 0 spiro atoms. The van der Waals surface area contributed by atoms with Crippen LogP contribution < -0.4 is 15.4 Å². The molecule has 3 aromatic rings. The fourth-order valence-corrected chi connectivity index (χ4v) is 4.53. The number of nitrogens with one attached hydrogen (secondary N) is 2. The van der Waals surface area contributed by atoms with Crippen LogP contribution in [0.15, 0.2) is 42.5 Å². The van der Waals surface area contributed by atoms with Crippen LogP contribution in [0, 0.1) is 11.8 Å². The standard InChI is InChI=1S/C27H28F4N4O3/c1-34-12-10-22(20(28)15-34)33-21-6-3-7-24-19(21)14-18(35(24)16-27(29,30)31)5-4-11-32-23-9-8-17(26(36)37)13-25(23)38-2/h3,6-9,13-14,20,22,32-33H,10-12,15-16H2,1-2H3,(H,36,37)/t20-,22-/m1/s1. The third-order valence-electron chi connectivity index (χ3n) is 6.40. The number of ether oxygens (including phenoxy) is 1. The number of nitrogens with zero attached hydrogens (tertiary/aromatic N) is 2. The lowest BCUT2D eigenvalue weighted by Crippen LogP contribution is -2.46. The van der Waals surface area contributed by atoms with E-state index in [-0.39, 0.29) is 24.3 Å². The molecule has 2 aromatic carbocycles. The highest BCUT2D eigenvalue weighted by molar-refractivity contribution is 5.94. The van der Waals surface area contributed by atoms with E-state index >= 15 is 0 Å². The molecule has 0 unspecified atom stereocenters. The number of benzene rings is 2. The number of fused-ring (bicyclic) bond motifs is 1. The van der Waals surface area contributed by atoms with Crippen molar-refractivity contribution in [2.45, 2.75) is 31.4 Å². The third-order valence-corrected chi connectivity index (χ3v) is 6.40. The van der Waals surface area contributed by atoms with Gasteiger partial charge in [-0.2, -0.15) is 13.2 Å². The molecule has 1 aromatic heterocycles. The lowest BCUT2D eigenvalue weighted by Gasteiger charge is -2.33. The zero-order valence-corrected chi connectivity index (χ0v) is 20.9. The van der Waals surface area contributed by atoms with Crippen molar-refractivity contribution in [3.63, 3.8) is 0 Å². The fraction of sp³-hybridized carbons (Fsp3) is 0.370. The highest BCUT2D eigenvalue weighted by Crippen LogP contribution is 2.32. The summed E-state index contributed by atoms with van der Waals surface area (Å²) in [4.78, 5) is 13.1. The lowest BCUT2D eigenvalue weighted by atomic mass is 10.0. The van der Waals surface area contributed by atoms with Crippen LogP contribution in [0.5, 0.6) is 5.75 Å². The zero-order chi connectivity index (χ0) is 27.4. The Labute approximate surface area is 217 Å². The van der Waals surface area contributed by atoms with Gasteiger partial charge in [-0.1, -0.05) is 12.0 Å². The number of halogens is 4. The molecule has 3 N–H and O–H groups in total. The van der Waals surface area contributed by atoms with E-state index < -0.39 is 30.9 Å². The minimum absolute atomic E-state index is 0.0545. The summed E-state index contributed by atoms with van der Waals surface area (Å²) in [6, 6.07) is 10.4. The third kappa shape index (κ3) is 6.31. The Morgan fingerprint density at radius 2 is 2.00 bits per heavy atom. The number of anilines is 2. The molecule has 1 aliphatic rings. The van der Waals surface area contributed by atoms with Crippen LogP contribution in [0.3, 0.4) is 0 Å². The fourth-order valence-electron chi connectivity index (χ4n) is 4.53. The summed E-state index contributed by atoms with van der Waals surface area (Å²) >= 11 is 0. The quantitative estimate of drug-likeness (QED) is 0.299. The second-order valence-electron chi connectivity index (χ2n) is 9.16. The van der Waals surface area contributed by atoms with Crippen LogP contribution in [0.2, 0.25) is 0 Å². The van der Waals surface area contributed by atoms with E-state index in [2.05, 4.69) is 22.5 Å². The van der Waals surface area contributed by atoms with Crippen molar-refractivity contribution in [1.29, 1.82) is 0 Å². The Hall–Kier alpha value is -3.91. The van der Waals surface area contributed by atoms with E-state index in [4.69, 9.17) is 9.84 Å². The molecule has 11 heteroatoms. The number of methoxy groups -OCH3 is 1. The second kappa shape index (κ2) is 11.2. The first kappa shape index (κ1) is 27.1. The average Bonchev–Trinajstić information content (AvgIpc) is 3.20. The van der Waals surface area contributed by atoms with Gasteiger partial charge in [-0.05, 0) is 55.8 Å². The van der Waals surface area contributed by atoms with Crippen LogP contribution in [0.4, 0.5) is 28.9 Å². The predicted octanol–water partition coefficient (Wildman–Crippen LogP) is 4.83. The number of hydrogen-bond donors (Lipinski definition) is 3. The van der Waals surface area contributed by atoms with Crippen molar-refractivity contribution in [1.82, 2.24) is 9.47 Å². The summed E-state index contributed by atoms with van der Waals surface area (Å²) in [7, 11) is 3.25. The monoisotopic (exact) mass is 532 g/mol. The van der Waals surface area contributed by atoms with Gasteiger partial charge in [0.05, 0.1) is 42.2 Å². The van der Waals surface area contributed by atoms with Gasteiger partial charge in [0, 0.05) is 24.2 Å². The molecule has 0 amide bonds. The zero-order valence-electron chi connectivity index (χ0n) is 20.9. The molecule has 4 rings (SSSR count). The molecule has 2 atom stereocenters. The number of rotatable bonds is 7. The summed E-state index contributed by atoms with van der Waals surface area (Å²) in [6.45, 7) is -0.144. The minimum atomic E-state index is -4.47. The molecule has 1 fully saturated rings. The van der Waals surface area contributed by atoms with Gasteiger partial charge in [-0.15, -0.1) is 0 Å². The Balaban J connectivity index is 1.60.